The van der Waals surface area contributed by atoms with Gasteiger partial charge in [-0.1, -0.05) is 6.92 Å². The van der Waals surface area contributed by atoms with Crippen LogP contribution in [-0.4, -0.2) is 64.3 Å². The van der Waals surface area contributed by atoms with Crippen LogP contribution >= 0.6 is 0 Å². The van der Waals surface area contributed by atoms with Crippen LogP contribution in [0.15, 0.2) is 0 Å². The quantitative estimate of drug-likeness (QED) is 0.814. The first-order valence-corrected chi connectivity index (χ1v) is 8.10. The second kappa shape index (κ2) is 6.07. The lowest BCUT2D eigenvalue weighted by molar-refractivity contribution is -0.146. The highest BCUT2D eigenvalue weighted by atomic mass is 16.6. The minimum Gasteiger partial charge on any atom is -0.481 e. The van der Waals surface area contributed by atoms with E-state index in [1.54, 1.807) is 4.90 Å². The second-order valence-corrected chi connectivity index (χ2v) is 7.61. The zero-order valence-corrected chi connectivity index (χ0v) is 14.1. The maximum Gasteiger partial charge on any atom is 0.410 e. The summed E-state index contributed by atoms with van der Waals surface area (Å²) in [5, 5.41) is 9.26. The van der Waals surface area contributed by atoms with Crippen molar-refractivity contribution in [1.29, 1.82) is 0 Å². The predicted molar refractivity (Wildman–Crippen MR) is 82.8 cm³/mol. The Morgan fingerprint density at radius 1 is 1.32 bits per heavy atom. The minimum atomic E-state index is -0.807. The summed E-state index contributed by atoms with van der Waals surface area (Å²) in [5.74, 6) is -0.112. The highest BCUT2D eigenvalue weighted by Crippen LogP contribution is 2.37. The standard InChI is InChI=1S/C16H28N2O4/c1-5-18(9-12-6-7-12)16(8-13(19)20)10-17(11-16)14(21)22-15(2,3)4/h12H,5-11H2,1-4H3,(H,19,20). The maximum atomic E-state index is 12.1. The fourth-order valence-electron chi connectivity index (χ4n) is 3.10. The summed E-state index contributed by atoms with van der Waals surface area (Å²) in [7, 11) is 0. The van der Waals surface area contributed by atoms with Crippen LogP contribution in [0.25, 0.3) is 0 Å². The summed E-state index contributed by atoms with van der Waals surface area (Å²) in [4.78, 5) is 27.2. The van der Waals surface area contributed by atoms with Gasteiger partial charge in [0.15, 0.2) is 0 Å². The lowest BCUT2D eigenvalue weighted by Gasteiger charge is -2.55. The van der Waals surface area contributed by atoms with Gasteiger partial charge in [0.05, 0.1) is 12.0 Å². The van der Waals surface area contributed by atoms with Crippen molar-refractivity contribution in [1.82, 2.24) is 9.80 Å². The summed E-state index contributed by atoms with van der Waals surface area (Å²) in [6.45, 7) is 10.2. The van der Waals surface area contributed by atoms with Crippen LogP contribution in [0.2, 0.25) is 0 Å². The fourth-order valence-corrected chi connectivity index (χ4v) is 3.10. The van der Waals surface area contributed by atoms with E-state index in [9.17, 15) is 14.7 Å². The molecular formula is C16H28N2O4. The van der Waals surface area contributed by atoms with Crippen molar-refractivity contribution < 1.29 is 19.4 Å². The van der Waals surface area contributed by atoms with Gasteiger partial charge in [0, 0.05) is 19.6 Å². The molecule has 0 unspecified atom stereocenters. The molecule has 1 aliphatic heterocycles. The van der Waals surface area contributed by atoms with E-state index in [1.807, 2.05) is 20.8 Å². The highest BCUT2D eigenvalue weighted by molar-refractivity contribution is 5.73. The SMILES string of the molecule is CCN(CC1CC1)C1(CC(=O)O)CN(C(=O)OC(C)(C)C)C1. The molecule has 0 radical (unpaired) electrons. The molecule has 1 aliphatic carbocycles. The van der Waals surface area contributed by atoms with E-state index in [0.717, 1.165) is 13.1 Å². The number of likely N-dealkylation sites (tertiary alicyclic amines) is 1. The third-order valence-electron chi connectivity index (χ3n) is 4.33. The van der Waals surface area contributed by atoms with Crippen LogP contribution in [0.3, 0.4) is 0 Å². The van der Waals surface area contributed by atoms with Gasteiger partial charge < -0.3 is 14.7 Å². The van der Waals surface area contributed by atoms with Crippen LogP contribution in [0.4, 0.5) is 4.79 Å². The van der Waals surface area contributed by atoms with Gasteiger partial charge in [-0.3, -0.25) is 9.69 Å². The molecule has 0 spiro atoms. The molecule has 0 aromatic heterocycles. The normalized spacial score (nSPS) is 20.7. The average Bonchev–Trinajstić information content (AvgIpc) is 3.11. The number of likely N-dealkylation sites (N-methyl/N-ethyl adjacent to an activating group) is 1. The van der Waals surface area contributed by atoms with Crippen molar-refractivity contribution in [3.05, 3.63) is 0 Å². The summed E-state index contributed by atoms with van der Waals surface area (Å²) < 4.78 is 5.37. The molecule has 0 aromatic carbocycles. The summed E-state index contributed by atoms with van der Waals surface area (Å²) in [5.41, 5.74) is -0.958. The third kappa shape index (κ3) is 4.12. The van der Waals surface area contributed by atoms with Crippen LogP contribution < -0.4 is 0 Å². The van der Waals surface area contributed by atoms with E-state index in [4.69, 9.17) is 4.74 Å². The Morgan fingerprint density at radius 2 is 1.91 bits per heavy atom. The van der Waals surface area contributed by atoms with Crippen molar-refractivity contribution >= 4 is 12.1 Å². The zero-order valence-electron chi connectivity index (χ0n) is 14.1. The van der Waals surface area contributed by atoms with Gasteiger partial charge in [0.2, 0.25) is 0 Å². The van der Waals surface area contributed by atoms with Crippen LogP contribution in [0, 0.1) is 5.92 Å². The minimum absolute atomic E-state index is 0.0762. The number of hydrogen-bond donors (Lipinski definition) is 1. The second-order valence-electron chi connectivity index (χ2n) is 7.61. The van der Waals surface area contributed by atoms with E-state index >= 15 is 0 Å². The van der Waals surface area contributed by atoms with Crippen molar-refractivity contribution in [3.63, 3.8) is 0 Å². The molecule has 2 rings (SSSR count). The molecule has 1 N–H and O–H groups in total. The summed E-state index contributed by atoms with van der Waals surface area (Å²) in [6.07, 6.45) is 2.19. The highest BCUT2D eigenvalue weighted by Gasteiger charge is 2.52. The number of amides is 1. The predicted octanol–water partition coefficient (Wildman–Crippen LogP) is 2.18. The Morgan fingerprint density at radius 3 is 2.32 bits per heavy atom. The van der Waals surface area contributed by atoms with E-state index in [-0.39, 0.29) is 12.5 Å². The molecule has 6 nitrogen and oxygen atoms in total. The Balaban J connectivity index is 2.00. The van der Waals surface area contributed by atoms with Crippen LogP contribution in [0.5, 0.6) is 0 Å². The van der Waals surface area contributed by atoms with Crippen molar-refractivity contribution in [2.75, 3.05) is 26.2 Å². The monoisotopic (exact) mass is 312 g/mol. The number of hydrogen-bond acceptors (Lipinski definition) is 4. The number of ether oxygens (including phenoxy) is 1. The summed E-state index contributed by atoms with van der Waals surface area (Å²) in [6, 6.07) is 0. The molecule has 1 amide bonds. The molecular weight excluding hydrogens is 284 g/mol. The molecule has 6 heteroatoms. The maximum absolute atomic E-state index is 12.1. The Hall–Kier alpha value is -1.30. The van der Waals surface area contributed by atoms with E-state index in [1.165, 1.54) is 12.8 Å². The van der Waals surface area contributed by atoms with Crippen molar-refractivity contribution in [3.8, 4) is 0 Å². The van der Waals surface area contributed by atoms with Gasteiger partial charge >= 0.3 is 12.1 Å². The van der Waals surface area contributed by atoms with E-state index in [0.29, 0.717) is 19.0 Å². The number of nitrogens with zero attached hydrogens (tertiary/aromatic N) is 2. The number of carbonyl (C=O) groups excluding carboxylic acids is 1. The van der Waals surface area contributed by atoms with Crippen molar-refractivity contribution in [2.45, 2.75) is 58.1 Å². The molecule has 0 bridgehead atoms. The van der Waals surface area contributed by atoms with Crippen LogP contribution in [0.1, 0.15) is 47.0 Å². The Labute approximate surface area is 132 Å². The third-order valence-corrected chi connectivity index (χ3v) is 4.33. The van der Waals surface area contributed by atoms with Gasteiger partial charge in [-0.05, 0) is 46.1 Å². The first-order valence-electron chi connectivity index (χ1n) is 8.10. The van der Waals surface area contributed by atoms with Gasteiger partial charge in [-0.15, -0.1) is 0 Å². The Bertz CT molecular complexity index is 434. The van der Waals surface area contributed by atoms with E-state index in [2.05, 4.69) is 11.8 Å². The van der Waals surface area contributed by atoms with Crippen molar-refractivity contribution in [2.24, 2.45) is 5.92 Å². The average molecular weight is 312 g/mol. The topological polar surface area (TPSA) is 70.1 Å². The largest absolute Gasteiger partial charge is 0.481 e. The molecule has 2 aliphatic rings. The molecule has 22 heavy (non-hydrogen) atoms. The molecule has 0 aromatic rings. The Kier molecular flexibility index (Phi) is 4.70. The van der Waals surface area contributed by atoms with E-state index < -0.39 is 17.1 Å². The van der Waals surface area contributed by atoms with Gasteiger partial charge in [0.25, 0.3) is 0 Å². The van der Waals surface area contributed by atoms with Gasteiger partial charge in [0.1, 0.15) is 5.60 Å². The molecule has 1 saturated heterocycles. The van der Waals surface area contributed by atoms with Gasteiger partial charge in [-0.2, -0.15) is 0 Å². The molecule has 1 heterocycles. The lowest BCUT2D eigenvalue weighted by atomic mass is 9.84. The number of carboxylic acid groups (broad SMARTS) is 1. The molecule has 0 atom stereocenters. The smallest absolute Gasteiger partial charge is 0.410 e. The van der Waals surface area contributed by atoms with Gasteiger partial charge in [-0.25, -0.2) is 4.79 Å². The first-order chi connectivity index (χ1) is 10.1. The number of rotatable bonds is 6. The fraction of sp³-hybridized carbons (Fsp3) is 0.875. The first kappa shape index (κ1) is 17.1. The number of carbonyl (C=O) groups is 2. The molecule has 126 valence electrons. The molecule has 2 fully saturated rings. The number of aliphatic carboxylic acids is 1. The lowest BCUT2D eigenvalue weighted by Crippen LogP contribution is -2.72. The molecule has 1 saturated carbocycles. The summed E-state index contributed by atoms with van der Waals surface area (Å²) >= 11 is 0. The number of carboxylic acids is 1. The van der Waals surface area contributed by atoms with Crippen LogP contribution in [-0.2, 0) is 9.53 Å². The zero-order chi connectivity index (χ0) is 16.5.